The molecule has 1 aromatic carbocycles. The minimum atomic E-state index is -0.146. The first kappa shape index (κ1) is 32.3. The van der Waals surface area contributed by atoms with E-state index >= 15 is 0 Å². The summed E-state index contributed by atoms with van der Waals surface area (Å²) in [6.45, 7) is 16.2. The van der Waals surface area contributed by atoms with Gasteiger partial charge in [0.15, 0.2) is 0 Å². The van der Waals surface area contributed by atoms with Crippen molar-refractivity contribution in [1.82, 2.24) is 0 Å². The molecule has 1 heterocycles. The van der Waals surface area contributed by atoms with Crippen molar-refractivity contribution in [3.8, 4) is 0 Å². The number of aryl methyl sites for hydroxylation is 2. The van der Waals surface area contributed by atoms with Crippen LogP contribution >= 0.6 is 11.3 Å². The van der Waals surface area contributed by atoms with Gasteiger partial charge in [-0.15, -0.1) is 0 Å². The van der Waals surface area contributed by atoms with E-state index < -0.39 is 0 Å². The van der Waals surface area contributed by atoms with Crippen LogP contribution in [0.4, 0.5) is 16.5 Å². The van der Waals surface area contributed by atoms with Crippen LogP contribution in [0.25, 0.3) is 0 Å². The smallest absolute Gasteiger partial charge is 0.394 e. The Kier molecular flexibility index (Phi) is 14.9. The van der Waals surface area contributed by atoms with E-state index in [0.717, 1.165) is 28.6 Å². The molecule has 0 aliphatic rings. The average Bonchev–Trinajstić information content (AvgIpc) is 3.28. The quantitative estimate of drug-likeness (QED) is 0.150. The highest BCUT2D eigenvalue weighted by atomic mass is 32.1. The summed E-state index contributed by atoms with van der Waals surface area (Å²) in [4.78, 5) is 2.34. The number of rotatable bonds is 19. The number of aliphatic hydroxyl groups excluding tert-OH is 1. The van der Waals surface area contributed by atoms with E-state index in [1.807, 2.05) is 43.1 Å². The molecule has 0 amide bonds. The second-order valence-electron chi connectivity index (χ2n) is 10.1. The van der Waals surface area contributed by atoms with Gasteiger partial charge in [-0.25, -0.2) is 4.57 Å². The van der Waals surface area contributed by atoms with Crippen LogP contribution in [0.15, 0.2) is 40.0 Å². The van der Waals surface area contributed by atoms with E-state index in [-0.39, 0.29) is 24.9 Å². The molecule has 0 saturated carbocycles. The first-order valence-electron chi connectivity index (χ1n) is 13.4. The topological polar surface area (TPSA) is 89.0 Å². The van der Waals surface area contributed by atoms with Crippen molar-refractivity contribution in [2.75, 3.05) is 57.6 Å². The van der Waals surface area contributed by atoms with Crippen molar-refractivity contribution in [1.29, 1.82) is 0 Å². The maximum Gasteiger partial charge on any atom is 0.408 e. The zero-order valence-corrected chi connectivity index (χ0v) is 24.9. The monoisotopic (exact) mass is 551 g/mol. The Hall–Kier alpha value is -1.95. The molecule has 0 saturated heterocycles. The van der Waals surface area contributed by atoms with Gasteiger partial charge in [0, 0.05) is 24.2 Å². The van der Waals surface area contributed by atoms with Crippen molar-refractivity contribution < 1.29 is 28.6 Å². The lowest BCUT2D eigenvalue weighted by molar-refractivity contribution is -0.654. The van der Waals surface area contributed by atoms with Crippen LogP contribution in [0.5, 0.6) is 0 Å². The molecule has 10 heteroatoms. The summed E-state index contributed by atoms with van der Waals surface area (Å²) in [6.07, 6.45) is 2.12. The van der Waals surface area contributed by atoms with Gasteiger partial charge in [-0.2, -0.15) is 0 Å². The van der Waals surface area contributed by atoms with Gasteiger partial charge in [-0.05, 0) is 80.8 Å². The molecule has 0 bridgehead atoms. The van der Waals surface area contributed by atoms with Gasteiger partial charge in [-0.3, -0.25) is 0 Å². The molecule has 2 rings (SSSR count). The number of aliphatic hydroxyl groups is 1. The third kappa shape index (κ3) is 12.3. The summed E-state index contributed by atoms with van der Waals surface area (Å²) >= 11 is 1.56. The highest BCUT2D eigenvalue weighted by Gasteiger charge is 2.20. The Morgan fingerprint density at radius 1 is 0.947 bits per heavy atom. The van der Waals surface area contributed by atoms with Crippen LogP contribution in [-0.4, -0.2) is 76.1 Å². The Morgan fingerprint density at radius 3 is 2.32 bits per heavy atom. The van der Waals surface area contributed by atoms with Crippen LogP contribution < -0.4 is 9.47 Å². The van der Waals surface area contributed by atoms with Crippen molar-refractivity contribution in [2.24, 2.45) is 23.2 Å². The van der Waals surface area contributed by atoms with Gasteiger partial charge in [0.05, 0.1) is 70.1 Å². The number of thiazole rings is 1. The Bertz CT molecular complexity index is 953. The second-order valence-corrected chi connectivity index (χ2v) is 10.9. The van der Waals surface area contributed by atoms with Crippen LogP contribution in [0.1, 0.15) is 40.2 Å². The maximum absolute atomic E-state index is 8.95. The third-order valence-corrected chi connectivity index (χ3v) is 6.49. The summed E-state index contributed by atoms with van der Waals surface area (Å²) in [6, 6.07) is 6.27. The molecular formula is C28H47N4O5S+. The van der Waals surface area contributed by atoms with E-state index in [2.05, 4.69) is 55.0 Å². The molecule has 0 aliphatic heterocycles. The van der Waals surface area contributed by atoms with E-state index in [1.165, 1.54) is 0 Å². The summed E-state index contributed by atoms with van der Waals surface area (Å²) in [5.74, 6) is 0.315. The lowest BCUT2D eigenvalue weighted by Crippen LogP contribution is -2.40. The average molecular weight is 552 g/mol. The Balaban J connectivity index is 2.21. The van der Waals surface area contributed by atoms with Crippen LogP contribution in [0.3, 0.4) is 0 Å². The molecule has 0 spiro atoms. The summed E-state index contributed by atoms with van der Waals surface area (Å²) in [7, 11) is 1.96. The molecule has 2 unspecified atom stereocenters. The summed E-state index contributed by atoms with van der Waals surface area (Å²) in [5.41, 5.74) is 2.99. The van der Waals surface area contributed by atoms with Gasteiger partial charge < -0.3 is 29.0 Å². The SMILES string of the molecule is Cc1cc(N(CC(C)COC(C)C)CC(COC(C)C)OCCOCCO)ccc1N=Nc1scc[n+]1C. The van der Waals surface area contributed by atoms with Crippen molar-refractivity contribution in [3.05, 3.63) is 35.3 Å². The number of hydrogen-bond acceptors (Lipinski definition) is 9. The number of anilines is 1. The van der Waals surface area contributed by atoms with Gasteiger partial charge in [0.2, 0.25) is 0 Å². The predicted octanol–water partition coefficient (Wildman–Crippen LogP) is 4.98. The predicted molar refractivity (Wildman–Crippen MR) is 152 cm³/mol. The number of hydrogen-bond donors (Lipinski definition) is 1. The maximum atomic E-state index is 8.95. The highest BCUT2D eigenvalue weighted by Crippen LogP contribution is 2.28. The fraction of sp³-hybridized carbons (Fsp3) is 0.679. The van der Waals surface area contributed by atoms with Crippen molar-refractivity contribution in [2.45, 2.75) is 59.9 Å². The van der Waals surface area contributed by atoms with Crippen LogP contribution in [-0.2, 0) is 26.0 Å². The number of nitrogens with zero attached hydrogens (tertiary/aromatic N) is 4. The molecule has 214 valence electrons. The van der Waals surface area contributed by atoms with Gasteiger partial charge >= 0.3 is 5.13 Å². The fourth-order valence-corrected chi connectivity index (χ4v) is 4.36. The van der Waals surface area contributed by atoms with Gasteiger partial charge in [-0.1, -0.05) is 6.92 Å². The zero-order valence-electron chi connectivity index (χ0n) is 24.1. The van der Waals surface area contributed by atoms with Crippen molar-refractivity contribution in [3.63, 3.8) is 0 Å². The highest BCUT2D eigenvalue weighted by molar-refractivity contribution is 7.12. The van der Waals surface area contributed by atoms with E-state index in [9.17, 15) is 0 Å². The molecule has 1 aromatic heterocycles. The summed E-state index contributed by atoms with van der Waals surface area (Å²) in [5, 5.41) is 20.7. The van der Waals surface area contributed by atoms with Gasteiger partial charge in [0.1, 0.15) is 11.9 Å². The molecule has 0 fully saturated rings. The fourth-order valence-electron chi connectivity index (χ4n) is 3.68. The number of benzene rings is 1. The minimum absolute atomic E-state index is 0.00465. The molecule has 1 N–H and O–H groups in total. The number of azo groups is 1. The molecule has 38 heavy (non-hydrogen) atoms. The minimum Gasteiger partial charge on any atom is -0.394 e. The lowest BCUT2D eigenvalue weighted by atomic mass is 10.1. The summed E-state index contributed by atoms with van der Waals surface area (Å²) < 4.78 is 25.4. The first-order valence-corrected chi connectivity index (χ1v) is 14.3. The number of ether oxygens (including phenoxy) is 4. The molecule has 9 nitrogen and oxygen atoms in total. The largest absolute Gasteiger partial charge is 0.408 e. The molecular weight excluding hydrogens is 504 g/mol. The van der Waals surface area contributed by atoms with Gasteiger partial charge in [0.25, 0.3) is 0 Å². The molecule has 0 aliphatic carbocycles. The standard InChI is InChI=1S/C28H47N4O5S/c1-21(2)36-19-23(5)17-32(18-26(20-37-22(3)4)35-14-13-34-12-11-33)25-8-9-27(24(6)16-25)29-30-28-31(7)10-15-38-28/h8-10,15-16,21-23,26,33H,11-14,17-20H2,1-7H3/q+1. The van der Waals surface area contributed by atoms with Crippen molar-refractivity contribution >= 4 is 27.8 Å². The van der Waals surface area contributed by atoms with E-state index in [1.54, 1.807) is 11.3 Å². The Labute approximate surface area is 232 Å². The zero-order chi connectivity index (χ0) is 27.9. The lowest BCUT2D eigenvalue weighted by Gasteiger charge is -2.32. The Morgan fingerprint density at radius 2 is 1.68 bits per heavy atom. The normalized spacial score (nSPS) is 13.6. The van der Waals surface area contributed by atoms with E-state index in [4.69, 9.17) is 24.1 Å². The first-order chi connectivity index (χ1) is 18.2. The van der Waals surface area contributed by atoms with E-state index in [0.29, 0.717) is 45.5 Å². The molecule has 2 aromatic rings. The van der Waals surface area contributed by atoms with Crippen LogP contribution in [0.2, 0.25) is 0 Å². The molecule has 0 radical (unpaired) electrons. The number of aromatic nitrogens is 1. The molecule has 2 atom stereocenters. The van der Waals surface area contributed by atoms with Crippen LogP contribution in [0, 0.1) is 12.8 Å². The third-order valence-electron chi connectivity index (χ3n) is 5.65. The second kappa shape index (κ2) is 17.6.